The van der Waals surface area contributed by atoms with Crippen molar-refractivity contribution in [1.82, 2.24) is 29.7 Å². The summed E-state index contributed by atoms with van der Waals surface area (Å²) in [6.07, 6.45) is 0.574. The zero-order valence-corrected chi connectivity index (χ0v) is 16.6. The summed E-state index contributed by atoms with van der Waals surface area (Å²) in [6, 6.07) is 6.42. The lowest BCUT2D eigenvalue weighted by atomic mass is 10.0. The number of rotatable bonds is 3. The maximum atomic E-state index is 13.3. The van der Waals surface area contributed by atoms with Crippen molar-refractivity contribution >= 4 is 16.6 Å². The Bertz CT molecular complexity index is 1660. The van der Waals surface area contributed by atoms with E-state index in [0.717, 1.165) is 11.1 Å². The van der Waals surface area contributed by atoms with E-state index in [-0.39, 0.29) is 28.4 Å². The number of fused-ring (bicyclic) bond motifs is 2. The van der Waals surface area contributed by atoms with Crippen LogP contribution in [0.2, 0.25) is 0 Å². The van der Waals surface area contributed by atoms with Crippen molar-refractivity contribution in [3.8, 4) is 11.3 Å². The average molecular weight is 454 g/mol. The summed E-state index contributed by atoms with van der Waals surface area (Å²) >= 11 is 0. The molecule has 1 aliphatic carbocycles. The highest BCUT2D eigenvalue weighted by Gasteiger charge is 2.43. The van der Waals surface area contributed by atoms with Gasteiger partial charge >= 0.3 is 11.9 Å². The molecule has 166 valence electrons. The lowest BCUT2D eigenvalue weighted by Crippen LogP contribution is -2.23. The number of benzene rings is 1. The van der Waals surface area contributed by atoms with Crippen LogP contribution in [0, 0.1) is 0 Å². The topological polar surface area (TPSA) is 122 Å². The molecule has 0 bridgehead atoms. The van der Waals surface area contributed by atoms with Gasteiger partial charge in [-0.2, -0.15) is 18.3 Å². The van der Waals surface area contributed by atoms with Crippen molar-refractivity contribution in [3.05, 3.63) is 80.5 Å². The molecule has 0 radical (unpaired) electrons. The summed E-state index contributed by atoms with van der Waals surface area (Å²) in [7, 11) is 0. The standard InChI is InChI=1S/C21H13F3N6O3/c22-21(23,24)17-13-5-9(1-2-16(13)33-29-17)10-6-11(10)12-7-15(28-30-4-3-25-18(12)30)14-8-26-20(32)27-19(14)31/h1-5,7-8,10-11H,6H2,(H2,26,27,31,32)/t10-,11-/m1/s1. The first-order valence-electron chi connectivity index (χ1n) is 9.93. The first kappa shape index (κ1) is 19.5. The smallest absolute Gasteiger partial charge is 0.356 e. The Morgan fingerprint density at radius 2 is 2.00 bits per heavy atom. The Labute approximate surface area is 180 Å². The van der Waals surface area contributed by atoms with Crippen LogP contribution in [0.5, 0.6) is 0 Å². The van der Waals surface area contributed by atoms with Crippen molar-refractivity contribution in [2.24, 2.45) is 0 Å². The van der Waals surface area contributed by atoms with E-state index in [1.54, 1.807) is 24.5 Å². The molecule has 0 saturated heterocycles. The van der Waals surface area contributed by atoms with Crippen LogP contribution in [0.15, 0.2) is 57.0 Å². The Hall–Kier alpha value is -4.22. The van der Waals surface area contributed by atoms with Crippen molar-refractivity contribution in [2.45, 2.75) is 24.4 Å². The van der Waals surface area contributed by atoms with Crippen LogP contribution in [0.3, 0.4) is 0 Å². The number of aromatic nitrogens is 6. The van der Waals surface area contributed by atoms with Crippen LogP contribution < -0.4 is 11.2 Å². The number of alkyl halides is 3. The van der Waals surface area contributed by atoms with Crippen molar-refractivity contribution < 1.29 is 17.7 Å². The molecule has 5 aromatic rings. The first-order valence-corrected chi connectivity index (χ1v) is 9.93. The molecule has 0 amide bonds. The second-order valence-corrected chi connectivity index (χ2v) is 7.90. The van der Waals surface area contributed by atoms with Crippen LogP contribution in [0.4, 0.5) is 13.2 Å². The fourth-order valence-corrected chi connectivity index (χ4v) is 4.24. The van der Waals surface area contributed by atoms with Crippen LogP contribution in [0.1, 0.15) is 35.1 Å². The molecule has 0 unspecified atom stereocenters. The summed E-state index contributed by atoms with van der Waals surface area (Å²) in [5, 5.41) is 7.51. The average Bonchev–Trinajstić information content (AvgIpc) is 3.20. The predicted molar refractivity (Wildman–Crippen MR) is 109 cm³/mol. The van der Waals surface area contributed by atoms with Gasteiger partial charge in [0.1, 0.15) is 0 Å². The van der Waals surface area contributed by atoms with Crippen LogP contribution >= 0.6 is 0 Å². The third-order valence-corrected chi connectivity index (χ3v) is 5.86. The lowest BCUT2D eigenvalue weighted by Gasteiger charge is -2.08. The quantitative estimate of drug-likeness (QED) is 0.432. The maximum Gasteiger partial charge on any atom is 0.437 e. The highest BCUT2D eigenvalue weighted by atomic mass is 19.4. The lowest BCUT2D eigenvalue weighted by molar-refractivity contribution is -0.141. The maximum absolute atomic E-state index is 13.3. The molecule has 12 heteroatoms. The first-order chi connectivity index (χ1) is 15.8. The summed E-state index contributed by atoms with van der Waals surface area (Å²) in [4.78, 5) is 32.6. The van der Waals surface area contributed by atoms with E-state index in [0.29, 0.717) is 17.8 Å². The van der Waals surface area contributed by atoms with E-state index in [4.69, 9.17) is 4.52 Å². The van der Waals surface area contributed by atoms with Gasteiger partial charge in [0, 0.05) is 24.2 Å². The number of halogens is 3. The van der Waals surface area contributed by atoms with Crippen LogP contribution in [-0.2, 0) is 6.18 Å². The normalized spacial score (nSPS) is 18.3. The van der Waals surface area contributed by atoms with E-state index >= 15 is 0 Å². The molecule has 0 spiro atoms. The molecular weight excluding hydrogens is 441 g/mol. The van der Waals surface area contributed by atoms with E-state index in [2.05, 4.69) is 25.2 Å². The number of nitrogens with zero attached hydrogens (tertiary/aromatic N) is 4. The fourth-order valence-electron chi connectivity index (χ4n) is 4.24. The van der Waals surface area contributed by atoms with Crippen LogP contribution in [0.25, 0.3) is 27.9 Å². The summed E-state index contributed by atoms with van der Waals surface area (Å²) in [6.45, 7) is 0. The molecule has 1 saturated carbocycles. The van der Waals surface area contributed by atoms with Gasteiger partial charge in [-0.25, -0.2) is 14.3 Å². The summed E-state index contributed by atoms with van der Waals surface area (Å²) in [5.74, 6) is -0.0832. The number of hydrogen-bond donors (Lipinski definition) is 2. The third kappa shape index (κ3) is 3.13. The van der Waals surface area contributed by atoms with E-state index in [1.165, 1.54) is 22.8 Å². The molecule has 6 rings (SSSR count). The number of imidazole rings is 1. The molecule has 4 heterocycles. The Kier molecular flexibility index (Phi) is 3.92. The van der Waals surface area contributed by atoms with Crippen molar-refractivity contribution in [2.75, 3.05) is 0 Å². The molecule has 33 heavy (non-hydrogen) atoms. The van der Waals surface area contributed by atoms with Gasteiger partial charge in [0.15, 0.2) is 16.9 Å². The highest BCUT2D eigenvalue weighted by Crippen LogP contribution is 2.56. The van der Waals surface area contributed by atoms with Gasteiger partial charge < -0.3 is 9.51 Å². The van der Waals surface area contributed by atoms with Gasteiger partial charge in [0.05, 0.1) is 16.6 Å². The van der Waals surface area contributed by atoms with Gasteiger partial charge in [-0.3, -0.25) is 9.78 Å². The molecule has 1 aliphatic rings. The van der Waals surface area contributed by atoms with Crippen molar-refractivity contribution in [3.63, 3.8) is 0 Å². The number of nitrogens with one attached hydrogen (secondary N) is 2. The molecular formula is C21H13F3N6O3. The zero-order valence-electron chi connectivity index (χ0n) is 16.6. The summed E-state index contributed by atoms with van der Waals surface area (Å²) < 4.78 is 46.1. The zero-order chi connectivity index (χ0) is 22.9. The third-order valence-electron chi connectivity index (χ3n) is 5.86. The van der Waals surface area contributed by atoms with Gasteiger partial charge in [-0.05, 0) is 42.0 Å². The van der Waals surface area contributed by atoms with Gasteiger partial charge in [-0.1, -0.05) is 11.2 Å². The van der Waals surface area contributed by atoms with Crippen molar-refractivity contribution in [1.29, 1.82) is 0 Å². The number of hydrogen-bond acceptors (Lipinski definition) is 6. The molecule has 0 aliphatic heterocycles. The van der Waals surface area contributed by atoms with E-state index < -0.39 is 23.1 Å². The number of H-pyrrole nitrogens is 2. The molecule has 4 aromatic heterocycles. The second kappa shape index (κ2) is 6.64. The Morgan fingerprint density at radius 3 is 2.79 bits per heavy atom. The van der Waals surface area contributed by atoms with Gasteiger partial charge in [-0.15, -0.1) is 0 Å². The minimum Gasteiger partial charge on any atom is -0.356 e. The Balaban J connectivity index is 1.42. The predicted octanol–water partition coefficient (Wildman–Crippen LogP) is 3.20. The minimum absolute atomic E-state index is 0.0369. The van der Waals surface area contributed by atoms with E-state index in [1.807, 2.05) is 0 Å². The largest absolute Gasteiger partial charge is 0.437 e. The monoisotopic (exact) mass is 454 g/mol. The van der Waals surface area contributed by atoms with Crippen LogP contribution in [-0.4, -0.2) is 29.7 Å². The fraction of sp³-hybridized carbons (Fsp3) is 0.190. The molecule has 1 aromatic carbocycles. The van der Waals surface area contributed by atoms with Gasteiger partial charge in [0.2, 0.25) is 0 Å². The Morgan fingerprint density at radius 1 is 1.15 bits per heavy atom. The molecule has 1 fully saturated rings. The molecule has 9 nitrogen and oxygen atoms in total. The molecule has 2 atom stereocenters. The SMILES string of the molecule is O=c1[nH]cc(-c2cc([C@@H]3C[C@@H]3c3ccc4onc(C(F)(F)F)c4c3)c3nccn3n2)c(=O)[nH]1. The van der Waals surface area contributed by atoms with E-state index in [9.17, 15) is 22.8 Å². The second-order valence-electron chi connectivity index (χ2n) is 7.90. The molecule has 2 N–H and O–H groups in total. The number of aromatic amines is 2. The minimum atomic E-state index is -4.61. The summed E-state index contributed by atoms with van der Waals surface area (Å²) in [5.41, 5.74) is 0.469. The highest BCUT2D eigenvalue weighted by molar-refractivity contribution is 5.81. The van der Waals surface area contributed by atoms with Gasteiger partial charge in [0.25, 0.3) is 5.56 Å².